The van der Waals surface area contributed by atoms with Crippen molar-refractivity contribution in [3.05, 3.63) is 71.0 Å². The molecule has 0 fully saturated rings. The number of halogens is 4. The molecule has 0 aliphatic heterocycles. The summed E-state index contributed by atoms with van der Waals surface area (Å²) in [5.74, 6) is -0.748. The van der Waals surface area contributed by atoms with Crippen LogP contribution in [0.5, 0.6) is 0 Å². The standard InChI is InChI=1S/C16H13F4N3S/c17-14-8-12(6-7-13(14)16(18,19)20)9-22-23-15(21)24-10-11-4-2-1-3-5-11/h1-9H,10H2,(H2,21,23). The predicted molar refractivity (Wildman–Crippen MR) is 88.4 cm³/mol. The van der Waals surface area contributed by atoms with E-state index in [1.54, 1.807) is 0 Å². The van der Waals surface area contributed by atoms with E-state index in [0.29, 0.717) is 11.8 Å². The second kappa shape index (κ2) is 7.96. The van der Waals surface area contributed by atoms with Gasteiger partial charge in [0.25, 0.3) is 0 Å². The lowest BCUT2D eigenvalue weighted by Gasteiger charge is -2.07. The van der Waals surface area contributed by atoms with Crippen molar-refractivity contribution in [3.63, 3.8) is 0 Å². The van der Waals surface area contributed by atoms with Crippen molar-refractivity contribution in [2.45, 2.75) is 11.9 Å². The molecule has 0 bridgehead atoms. The number of rotatable bonds is 4. The Morgan fingerprint density at radius 2 is 1.83 bits per heavy atom. The van der Waals surface area contributed by atoms with Crippen LogP contribution >= 0.6 is 11.8 Å². The van der Waals surface area contributed by atoms with Crippen LogP contribution in [0.15, 0.2) is 58.7 Å². The highest BCUT2D eigenvalue weighted by Gasteiger charge is 2.33. The summed E-state index contributed by atoms with van der Waals surface area (Å²) >= 11 is 1.26. The number of benzene rings is 2. The number of hydrogen-bond donors (Lipinski definition) is 1. The molecule has 3 nitrogen and oxygen atoms in total. The van der Waals surface area contributed by atoms with Crippen LogP contribution < -0.4 is 5.73 Å². The second-order valence-electron chi connectivity index (χ2n) is 4.69. The van der Waals surface area contributed by atoms with Crippen LogP contribution in [-0.4, -0.2) is 11.4 Å². The van der Waals surface area contributed by atoms with Crippen molar-refractivity contribution in [2.75, 3.05) is 0 Å². The van der Waals surface area contributed by atoms with Gasteiger partial charge in [0.1, 0.15) is 5.82 Å². The summed E-state index contributed by atoms with van der Waals surface area (Å²) in [4.78, 5) is 0. The van der Waals surface area contributed by atoms with E-state index in [4.69, 9.17) is 5.73 Å². The van der Waals surface area contributed by atoms with Crippen molar-refractivity contribution < 1.29 is 17.6 Å². The minimum absolute atomic E-state index is 0.158. The molecule has 0 atom stereocenters. The molecule has 126 valence electrons. The van der Waals surface area contributed by atoms with Crippen LogP contribution in [0.25, 0.3) is 0 Å². The lowest BCUT2D eigenvalue weighted by molar-refractivity contribution is -0.140. The highest BCUT2D eigenvalue weighted by atomic mass is 32.2. The van der Waals surface area contributed by atoms with Gasteiger partial charge in [-0.2, -0.15) is 18.3 Å². The molecule has 0 aromatic heterocycles. The minimum atomic E-state index is -4.73. The molecule has 0 heterocycles. The highest BCUT2D eigenvalue weighted by Crippen LogP contribution is 2.31. The Labute approximate surface area is 140 Å². The molecule has 0 aliphatic carbocycles. The number of nitrogens with zero attached hydrogens (tertiary/aromatic N) is 2. The van der Waals surface area contributed by atoms with E-state index in [-0.39, 0.29) is 10.7 Å². The fraction of sp³-hybridized carbons (Fsp3) is 0.125. The number of nitrogens with two attached hydrogens (primary N) is 1. The fourth-order valence-electron chi connectivity index (χ4n) is 1.75. The van der Waals surface area contributed by atoms with Gasteiger partial charge in [-0.25, -0.2) is 4.39 Å². The van der Waals surface area contributed by atoms with Gasteiger partial charge in [-0.05, 0) is 23.3 Å². The normalized spacial score (nSPS) is 12.8. The van der Waals surface area contributed by atoms with Gasteiger partial charge >= 0.3 is 6.18 Å². The Kier molecular flexibility index (Phi) is 5.97. The third-order valence-corrected chi connectivity index (χ3v) is 3.75. The molecule has 2 aromatic rings. The van der Waals surface area contributed by atoms with E-state index < -0.39 is 17.6 Å². The van der Waals surface area contributed by atoms with Crippen LogP contribution in [0, 0.1) is 5.82 Å². The third kappa shape index (κ3) is 5.38. The number of amidine groups is 1. The van der Waals surface area contributed by atoms with Crippen molar-refractivity contribution in [1.82, 2.24) is 0 Å². The monoisotopic (exact) mass is 355 g/mol. The molecule has 0 saturated heterocycles. The largest absolute Gasteiger partial charge is 0.419 e. The summed E-state index contributed by atoms with van der Waals surface area (Å²) < 4.78 is 50.7. The number of hydrogen-bond acceptors (Lipinski definition) is 3. The lowest BCUT2D eigenvalue weighted by atomic mass is 10.1. The molecule has 2 N–H and O–H groups in total. The number of alkyl halides is 3. The van der Waals surface area contributed by atoms with E-state index in [2.05, 4.69) is 10.2 Å². The molecule has 24 heavy (non-hydrogen) atoms. The summed E-state index contributed by atoms with van der Waals surface area (Å²) in [5, 5.41) is 7.57. The topological polar surface area (TPSA) is 50.7 Å². The Bertz CT molecular complexity index is 743. The van der Waals surface area contributed by atoms with E-state index in [1.165, 1.54) is 11.8 Å². The van der Waals surface area contributed by atoms with Gasteiger partial charge < -0.3 is 5.73 Å². The maximum atomic E-state index is 13.4. The van der Waals surface area contributed by atoms with E-state index >= 15 is 0 Å². The highest BCUT2D eigenvalue weighted by molar-refractivity contribution is 8.13. The zero-order valence-electron chi connectivity index (χ0n) is 12.3. The van der Waals surface area contributed by atoms with E-state index in [1.807, 2.05) is 30.3 Å². The quantitative estimate of drug-likeness (QED) is 0.382. The van der Waals surface area contributed by atoms with E-state index in [9.17, 15) is 17.6 Å². The molecule has 0 saturated carbocycles. The van der Waals surface area contributed by atoms with E-state index in [0.717, 1.165) is 23.9 Å². The summed E-state index contributed by atoms with van der Waals surface area (Å²) in [6.45, 7) is 0. The number of thioether (sulfide) groups is 1. The van der Waals surface area contributed by atoms with Gasteiger partial charge in [-0.3, -0.25) is 0 Å². The van der Waals surface area contributed by atoms with Gasteiger partial charge in [0.05, 0.1) is 11.8 Å². The predicted octanol–water partition coefficient (Wildman–Crippen LogP) is 4.43. The zero-order chi connectivity index (χ0) is 17.6. The summed E-state index contributed by atoms with van der Waals surface area (Å²) in [7, 11) is 0. The van der Waals surface area contributed by atoms with Crippen molar-refractivity contribution in [3.8, 4) is 0 Å². The maximum absolute atomic E-state index is 13.4. The van der Waals surface area contributed by atoms with Crippen LogP contribution in [0.3, 0.4) is 0 Å². The molecule has 2 aromatic carbocycles. The Morgan fingerprint density at radius 3 is 2.46 bits per heavy atom. The molecule has 0 spiro atoms. The molecule has 0 amide bonds. The first kappa shape index (κ1) is 18.0. The molecular formula is C16H13F4N3S. The van der Waals surface area contributed by atoms with Gasteiger partial charge in [-0.1, -0.05) is 48.2 Å². The van der Waals surface area contributed by atoms with Crippen LogP contribution in [0.1, 0.15) is 16.7 Å². The lowest BCUT2D eigenvalue weighted by Crippen LogP contribution is -2.08. The average Bonchev–Trinajstić information content (AvgIpc) is 2.53. The second-order valence-corrected chi connectivity index (χ2v) is 5.69. The van der Waals surface area contributed by atoms with Crippen molar-refractivity contribution in [2.24, 2.45) is 15.9 Å². The van der Waals surface area contributed by atoms with Gasteiger partial charge in [0.2, 0.25) is 0 Å². The zero-order valence-corrected chi connectivity index (χ0v) is 13.1. The first-order valence-electron chi connectivity index (χ1n) is 6.76. The Balaban J connectivity index is 1.96. The molecule has 8 heteroatoms. The molecule has 0 unspecified atom stereocenters. The van der Waals surface area contributed by atoms with Gasteiger partial charge in [0, 0.05) is 5.75 Å². The average molecular weight is 355 g/mol. The van der Waals surface area contributed by atoms with Crippen LogP contribution in [-0.2, 0) is 11.9 Å². The smallest absolute Gasteiger partial charge is 0.377 e. The molecule has 0 aliphatic rings. The van der Waals surface area contributed by atoms with Crippen LogP contribution in [0.2, 0.25) is 0 Å². The third-order valence-electron chi connectivity index (χ3n) is 2.89. The van der Waals surface area contributed by atoms with Gasteiger partial charge in [-0.15, -0.1) is 5.10 Å². The SMILES string of the molecule is NC(=NN=Cc1ccc(C(F)(F)F)c(F)c1)SCc1ccccc1. The Hall–Kier alpha value is -2.35. The first-order valence-corrected chi connectivity index (χ1v) is 7.75. The molecule has 0 radical (unpaired) electrons. The van der Waals surface area contributed by atoms with Crippen molar-refractivity contribution >= 4 is 23.1 Å². The van der Waals surface area contributed by atoms with Crippen molar-refractivity contribution in [1.29, 1.82) is 0 Å². The van der Waals surface area contributed by atoms with Crippen LogP contribution in [0.4, 0.5) is 17.6 Å². The van der Waals surface area contributed by atoms with Gasteiger partial charge in [0.15, 0.2) is 5.17 Å². The summed E-state index contributed by atoms with van der Waals surface area (Å²) in [5.41, 5.74) is 5.58. The Morgan fingerprint density at radius 1 is 1.12 bits per heavy atom. The summed E-state index contributed by atoms with van der Waals surface area (Å²) in [6, 6.07) is 12.1. The summed E-state index contributed by atoms with van der Waals surface area (Å²) in [6.07, 6.45) is -3.59. The molecular weight excluding hydrogens is 342 g/mol. The maximum Gasteiger partial charge on any atom is 0.419 e. The molecule has 2 rings (SSSR count). The first-order chi connectivity index (χ1) is 11.4. The fourth-order valence-corrected chi connectivity index (χ4v) is 2.37. The minimum Gasteiger partial charge on any atom is -0.377 e.